The fraction of sp³-hybridized carbons (Fsp3) is 0.167. The number of thiocarbonyl (C=S) groups is 1. The fourth-order valence-electron chi connectivity index (χ4n) is 1.94. The first kappa shape index (κ1) is 18.4. The first-order valence-electron chi connectivity index (χ1n) is 7.76. The zero-order valence-corrected chi connectivity index (χ0v) is 14.6. The predicted octanol–water partition coefficient (Wildman–Crippen LogP) is 2.31. The van der Waals surface area contributed by atoms with E-state index in [0.29, 0.717) is 24.3 Å². The summed E-state index contributed by atoms with van der Waals surface area (Å²) in [6.45, 7) is 2.06. The first-order valence-corrected chi connectivity index (χ1v) is 8.17. The fourth-order valence-corrected chi connectivity index (χ4v) is 2.11. The van der Waals surface area contributed by atoms with Gasteiger partial charge in [-0.25, -0.2) is 0 Å². The van der Waals surface area contributed by atoms with Gasteiger partial charge in [-0.1, -0.05) is 49.4 Å². The molecule has 0 aliphatic rings. The number of nitrogens with one attached hydrogen (secondary N) is 3. The standard InChI is InChI=1S/C18H19N3O3S/c1-2-16(22)19-18(25)21-20-17(23)14-10-6-7-11-15(14)24-12-13-8-4-3-5-9-13/h3-11H,2,12H2,1H3,(H,20,23)(H2,19,21,22,25). The largest absolute Gasteiger partial charge is 0.488 e. The number of carbonyl (C=O) groups is 2. The third-order valence-electron chi connectivity index (χ3n) is 3.23. The number of hydrogen-bond acceptors (Lipinski definition) is 4. The van der Waals surface area contributed by atoms with Crippen LogP contribution in [-0.2, 0) is 11.4 Å². The molecule has 0 spiro atoms. The summed E-state index contributed by atoms with van der Waals surface area (Å²) >= 11 is 4.92. The summed E-state index contributed by atoms with van der Waals surface area (Å²) in [5.41, 5.74) is 6.29. The van der Waals surface area contributed by atoms with Crippen LogP contribution in [0.3, 0.4) is 0 Å². The maximum Gasteiger partial charge on any atom is 0.273 e. The van der Waals surface area contributed by atoms with E-state index in [9.17, 15) is 9.59 Å². The molecule has 0 radical (unpaired) electrons. The van der Waals surface area contributed by atoms with E-state index in [2.05, 4.69) is 16.2 Å². The normalized spacial score (nSPS) is 9.80. The Morgan fingerprint density at radius 1 is 1.00 bits per heavy atom. The van der Waals surface area contributed by atoms with Crippen molar-refractivity contribution < 1.29 is 14.3 Å². The molecule has 25 heavy (non-hydrogen) atoms. The molecule has 0 saturated heterocycles. The van der Waals surface area contributed by atoms with Crippen molar-refractivity contribution in [1.29, 1.82) is 0 Å². The van der Waals surface area contributed by atoms with Crippen LogP contribution in [0.2, 0.25) is 0 Å². The SMILES string of the molecule is CCC(=O)NC(=S)NNC(=O)c1ccccc1OCc1ccccc1. The van der Waals surface area contributed by atoms with Gasteiger partial charge >= 0.3 is 0 Å². The first-order chi connectivity index (χ1) is 12.1. The maximum atomic E-state index is 12.3. The van der Waals surface area contributed by atoms with Crippen molar-refractivity contribution in [1.82, 2.24) is 16.2 Å². The molecule has 7 heteroatoms. The highest BCUT2D eigenvalue weighted by molar-refractivity contribution is 7.80. The second kappa shape index (κ2) is 9.39. The van der Waals surface area contributed by atoms with Crippen molar-refractivity contribution in [3.8, 4) is 5.75 Å². The van der Waals surface area contributed by atoms with Crippen LogP contribution >= 0.6 is 12.2 Å². The van der Waals surface area contributed by atoms with Crippen LogP contribution in [0.15, 0.2) is 54.6 Å². The van der Waals surface area contributed by atoms with Crippen LogP contribution in [0.25, 0.3) is 0 Å². The molecular formula is C18H19N3O3S. The lowest BCUT2D eigenvalue weighted by atomic mass is 10.2. The molecule has 0 aliphatic heterocycles. The zero-order chi connectivity index (χ0) is 18.1. The molecule has 0 heterocycles. The minimum atomic E-state index is -0.420. The van der Waals surface area contributed by atoms with Crippen LogP contribution in [0.1, 0.15) is 29.3 Å². The van der Waals surface area contributed by atoms with Crippen molar-refractivity contribution in [2.24, 2.45) is 0 Å². The molecule has 0 bridgehead atoms. The van der Waals surface area contributed by atoms with E-state index in [1.165, 1.54) is 0 Å². The molecule has 0 unspecified atom stereocenters. The van der Waals surface area contributed by atoms with E-state index >= 15 is 0 Å². The van der Waals surface area contributed by atoms with E-state index in [4.69, 9.17) is 17.0 Å². The molecule has 2 aromatic carbocycles. The van der Waals surface area contributed by atoms with E-state index < -0.39 is 5.91 Å². The van der Waals surface area contributed by atoms with Crippen molar-refractivity contribution in [2.45, 2.75) is 20.0 Å². The summed E-state index contributed by atoms with van der Waals surface area (Å²) < 4.78 is 5.74. The number of hydrazine groups is 1. The number of amides is 2. The molecule has 0 aromatic heterocycles. The lowest BCUT2D eigenvalue weighted by Crippen LogP contribution is -2.48. The average molecular weight is 357 g/mol. The monoisotopic (exact) mass is 357 g/mol. The van der Waals surface area contributed by atoms with Crippen molar-refractivity contribution in [2.75, 3.05) is 0 Å². The van der Waals surface area contributed by atoms with E-state index in [0.717, 1.165) is 5.56 Å². The molecule has 3 N–H and O–H groups in total. The van der Waals surface area contributed by atoms with Crippen LogP contribution in [0, 0.1) is 0 Å². The van der Waals surface area contributed by atoms with E-state index in [1.54, 1.807) is 31.2 Å². The van der Waals surface area contributed by atoms with Gasteiger partial charge in [0.2, 0.25) is 5.91 Å². The molecule has 0 aliphatic carbocycles. The number of rotatable bonds is 5. The molecule has 2 rings (SSSR count). The van der Waals surface area contributed by atoms with Gasteiger partial charge in [-0.2, -0.15) is 0 Å². The third-order valence-corrected chi connectivity index (χ3v) is 3.44. The summed E-state index contributed by atoms with van der Waals surface area (Å²) in [4.78, 5) is 23.6. The Kier molecular flexibility index (Phi) is 6.91. The van der Waals surface area contributed by atoms with Gasteiger partial charge in [0.1, 0.15) is 12.4 Å². The van der Waals surface area contributed by atoms with Crippen molar-refractivity contribution >= 4 is 29.1 Å². The molecular weight excluding hydrogens is 338 g/mol. The van der Waals surface area contributed by atoms with Gasteiger partial charge in [-0.3, -0.25) is 20.4 Å². The zero-order valence-electron chi connectivity index (χ0n) is 13.7. The van der Waals surface area contributed by atoms with Crippen molar-refractivity contribution in [3.05, 3.63) is 65.7 Å². The van der Waals surface area contributed by atoms with Crippen LogP contribution in [-0.4, -0.2) is 16.9 Å². The van der Waals surface area contributed by atoms with Crippen LogP contribution < -0.4 is 20.9 Å². The molecule has 6 nitrogen and oxygen atoms in total. The second-order valence-corrected chi connectivity index (χ2v) is 5.49. The topological polar surface area (TPSA) is 79.5 Å². The van der Waals surface area contributed by atoms with Crippen molar-refractivity contribution in [3.63, 3.8) is 0 Å². The summed E-state index contributed by atoms with van der Waals surface area (Å²) in [7, 11) is 0. The third kappa shape index (κ3) is 5.89. The number of para-hydroxylation sites is 1. The van der Waals surface area contributed by atoms with Gasteiger partial charge in [0.25, 0.3) is 5.91 Å². The average Bonchev–Trinajstić information content (AvgIpc) is 2.65. The summed E-state index contributed by atoms with van der Waals surface area (Å²) in [6.07, 6.45) is 0.298. The molecule has 130 valence electrons. The summed E-state index contributed by atoms with van der Waals surface area (Å²) in [5, 5.41) is 2.46. The van der Waals surface area contributed by atoms with Gasteiger partial charge in [0.05, 0.1) is 5.56 Å². The summed E-state index contributed by atoms with van der Waals surface area (Å²) in [6, 6.07) is 16.5. The Hall–Kier alpha value is -2.93. The van der Waals surface area contributed by atoms with E-state index in [-0.39, 0.29) is 11.0 Å². The van der Waals surface area contributed by atoms with Crippen LogP contribution in [0.4, 0.5) is 0 Å². The van der Waals surface area contributed by atoms with Gasteiger partial charge in [0, 0.05) is 6.42 Å². The molecule has 0 fully saturated rings. The molecule has 2 amide bonds. The predicted molar refractivity (Wildman–Crippen MR) is 98.8 cm³/mol. The Bertz CT molecular complexity index is 750. The number of benzene rings is 2. The van der Waals surface area contributed by atoms with Gasteiger partial charge in [-0.05, 0) is 29.9 Å². The quantitative estimate of drug-likeness (QED) is 0.565. The highest BCUT2D eigenvalue weighted by Crippen LogP contribution is 2.19. The highest BCUT2D eigenvalue weighted by Gasteiger charge is 2.12. The minimum Gasteiger partial charge on any atom is -0.488 e. The van der Waals surface area contributed by atoms with Gasteiger partial charge < -0.3 is 10.1 Å². The number of ether oxygens (including phenoxy) is 1. The highest BCUT2D eigenvalue weighted by atomic mass is 32.1. The number of hydrogen-bond donors (Lipinski definition) is 3. The Balaban J connectivity index is 1.95. The number of carbonyl (C=O) groups excluding carboxylic acids is 2. The van der Waals surface area contributed by atoms with Gasteiger partial charge in [0.15, 0.2) is 5.11 Å². The molecule has 0 saturated carbocycles. The summed E-state index contributed by atoms with van der Waals surface area (Å²) in [5.74, 6) is -0.204. The minimum absolute atomic E-state index is 0.0304. The Labute approximate surface area is 151 Å². The Morgan fingerprint density at radius 2 is 1.68 bits per heavy atom. The Morgan fingerprint density at radius 3 is 2.40 bits per heavy atom. The van der Waals surface area contributed by atoms with E-state index in [1.807, 2.05) is 30.3 Å². The van der Waals surface area contributed by atoms with Crippen LogP contribution in [0.5, 0.6) is 5.75 Å². The van der Waals surface area contributed by atoms with Gasteiger partial charge in [-0.15, -0.1) is 0 Å². The lowest BCUT2D eigenvalue weighted by molar-refractivity contribution is -0.119. The smallest absolute Gasteiger partial charge is 0.273 e. The second-order valence-electron chi connectivity index (χ2n) is 5.08. The maximum absolute atomic E-state index is 12.3. The lowest BCUT2D eigenvalue weighted by Gasteiger charge is -2.13. The molecule has 0 atom stereocenters. The molecule has 2 aromatic rings.